The van der Waals surface area contributed by atoms with Crippen molar-refractivity contribution in [1.82, 2.24) is 9.47 Å². The van der Waals surface area contributed by atoms with Crippen LogP contribution in [0.25, 0.3) is 11.8 Å². The van der Waals surface area contributed by atoms with Gasteiger partial charge in [-0.05, 0) is 74.0 Å². The molecule has 7 heteroatoms. The molecule has 0 aliphatic carbocycles. The standard InChI is InChI=1S/C24H20Cl2N2O2S/c1-14-4-6-17(7-5-14)13-27-23(29)22(31-24(27)30)11-18-10-15(2)28(16(18)3)19-8-9-20(25)21(26)12-19/h4-12H,13H2,1-3H3/b22-11-. The number of carbonyl (C=O) groups excluding carboxylic acids is 2. The molecule has 4 rings (SSSR count). The number of rotatable bonds is 4. The van der Waals surface area contributed by atoms with Gasteiger partial charge in [0.15, 0.2) is 0 Å². The van der Waals surface area contributed by atoms with Gasteiger partial charge in [-0.3, -0.25) is 14.5 Å². The van der Waals surface area contributed by atoms with Crippen molar-refractivity contribution in [2.45, 2.75) is 27.3 Å². The summed E-state index contributed by atoms with van der Waals surface area (Å²) in [6.07, 6.45) is 1.79. The second-order valence-corrected chi connectivity index (χ2v) is 9.32. The second-order valence-electron chi connectivity index (χ2n) is 7.51. The molecule has 0 spiro atoms. The van der Waals surface area contributed by atoms with Crippen LogP contribution in [-0.2, 0) is 11.3 Å². The van der Waals surface area contributed by atoms with Gasteiger partial charge in [0.2, 0.25) is 0 Å². The van der Waals surface area contributed by atoms with Crippen LogP contribution in [-0.4, -0.2) is 20.6 Å². The van der Waals surface area contributed by atoms with Gasteiger partial charge in [0, 0.05) is 17.1 Å². The van der Waals surface area contributed by atoms with Crippen molar-refractivity contribution in [3.05, 3.63) is 91.6 Å². The molecule has 1 saturated heterocycles. The molecule has 0 bridgehead atoms. The molecule has 3 aromatic rings. The zero-order valence-corrected chi connectivity index (χ0v) is 19.6. The average Bonchev–Trinajstić information content (AvgIpc) is 3.15. The van der Waals surface area contributed by atoms with Gasteiger partial charge in [-0.15, -0.1) is 0 Å². The number of imide groups is 1. The highest BCUT2D eigenvalue weighted by Crippen LogP contribution is 2.35. The first-order valence-corrected chi connectivity index (χ1v) is 11.3. The van der Waals surface area contributed by atoms with Crippen molar-refractivity contribution in [3.63, 3.8) is 0 Å². The van der Waals surface area contributed by atoms with Crippen molar-refractivity contribution in [3.8, 4) is 5.69 Å². The predicted octanol–water partition coefficient (Wildman–Crippen LogP) is 6.95. The van der Waals surface area contributed by atoms with Crippen LogP contribution in [0.3, 0.4) is 0 Å². The van der Waals surface area contributed by atoms with Crippen LogP contribution in [0.15, 0.2) is 53.4 Å². The smallest absolute Gasteiger partial charge is 0.293 e. The van der Waals surface area contributed by atoms with E-state index in [2.05, 4.69) is 0 Å². The fraction of sp³-hybridized carbons (Fsp3) is 0.167. The topological polar surface area (TPSA) is 42.3 Å². The predicted molar refractivity (Wildman–Crippen MR) is 128 cm³/mol. The van der Waals surface area contributed by atoms with E-state index in [9.17, 15) is 9.59 Å². The van der Waals surface area contributed by atoms with Gasteiger partial charge in [0.1, 0.15) is 0 Å². The van der Waals surface area contributed by atoms with Gasteiger partial charge in [-0.2, -0.15) is 0 Å². The fourth-order valence-corrected chi connectivity index (χ4v) is 4.73. The Kier molecular flexibility index (Phi) is 6.02. The average molecular weight is 471 g/mol. The second kappa shape index (κ2) is 8.58. The third-order valence-electron chi connectivity index (χ3n) is 5.25. The first-order valence-electron chi connectivity index (χ1n) is 9.70. The zero-order chi connectivity index (χ0) is 22.3. The van der Waals surface area contributed by atoms with Gasteiger partial charge in [0.25, 0.3) is 11.1 Å². The third kappa shape index (κ3) is 4.31. The van der Waals surface area contributed by atoms with E-state index in [-0.39, 0.29) is 17.7 Å². The number of aromatic nitrogens is 1. The number of carbonyl (C=O) groups is 2. The minimum absolute atomic E-state index is 0.255. The van der Waals surface area contributed by atoms with Crippen LogP contribution in [0.2, 0.25) is 10.0 Å². The fourth-order valence-electron chi connectivity index (χ4n) is 3.61. The molecule has 158 valence electrons. The number of hydrogen-bond donors (Lipinski definition) is 0. The van der Waals surface area contributed by atoms with Crippen LogP contribution in [0.1, 0.15) is 28.1 Å². The normalized spacial score (nSPS) is 15.4. The molecule has 0 saturated carbocycles. The van der Waals surface area contributed by atoms with Crippen molar-refractivity contribution in [2.75, 3.05) is 0 Å². The molecule has 2 heterocycles. The summed E-state index contributed by atoms with van der Waals surface area (Å²) in [6.45, 7) is 6.22. The van der Waals surface area contributed by atoms with Crippen LogP contribution in [0.4, 0.5) is 4.79 Å². The summed E-state index contributed by atoms with van der Waals surface area (Å²) in [6, 6.07) is 15.3. The van der Waals surface area contributed by atoms with Crippen molar-refractivity contribution >= 4 is 52.2 Å². The molecular formula is C24H20Cl2N2O2S. The number of halogens is 2. The summed E-state index contributed by atoms with van der Waals surface area (Å²) in [7, 11) is 0. The van der Waals surface area contributed by atoms with Crippen molar-refractivity contribution in [2.24, 2.45) is 0 Å². The van der Waals surface area contributed by atoms with E-state index < -0.39 is 0 Å². The molecule has 0 N–H and O–H groups in total. The number of hydrogen-bond acceptors (Lipinski definition) is 3. The summed E-state index contributed by atoms with van der Waals surface area (Å²) in [4.78, 5) is 27.1. The van der Waals surface area contributed by atoms with Crippen LogP contribution in [0, 0.1) is 20.8 Å². The van der Waals surface area contributed by atoms with Gasteiger partial charge < -0.3 is 4.57 Å². The summed E-state index contributed by atoms with van der Waals surface area (Å²) in [5.41, 5.74) is 5.75. The summed E-state index contributed by atoms with van der Waals surface area (Å²) >= 11 is 13.2. The molecule has 1 aliphatic rings. The van der Waals surface area contributed by atoms with E-state index in [4.69, 9.17) is 23.2 Å². The molecule has 0 radical (unpaired) electrons. The van der Waals surface area contributed by atoms with E-state index >= 15 is 0 Å². The van der Waals surface area contributed by atoms with E-state index in [0.717, 1.165) is 45.5 Å². The summed E-state index contributed by atoms with van der Waals surface area (Å²) in [5, 5.41) is 0.718. The zero-order valence-electron chi connectivity index (χ0n) is 17.3. The lowest BCUT2D eigenvalue weighted by Crippen LogP contribution is -2.27. The van der Waals surface area contributed by atoms with E-state index in [1.54, 1.807) is 12.1 Å². The molecule has 1 fully saturated rings. The number of amides is 2. The summed E-state index contributed by atoms with van der Waals surface area (Å²) in [5.74, 6) is -0.269. The van der Waals surface area contributed by atoms with Gasteiger partial charge in [0.05, 0.1) is 21.5 Å². The van der Waals surface area contributed by atoms with Gasteiger partial charge >= 0.3 is 0 Å². The van der Waals surface area contributed by atoms with Crippen LogP contribution in [0.5, 0.6) is 0 Å². The number of thioether (sulfide) groups is 1. The Morgan fingerprint density at radius 2 is 1.65 bits per heavy atom. The quantitative estimate of drug-likeness (QED) is 0.387. The number of benzene rings is 2. The lowest BCUT2D eigenvalue weighted by Gasteiger charge is -2.12. The molecular weight excluding hydrogens is 451 g/mol. The molecule has 1 aromatic heterocycles. The third-order valence-corrected chi connectivity index (χ3v) is 6.90. The Labute approximate surface area is 195 Å². The number of nitrogens with zero attached hydrogens (tertiary/aromatic N) is 2. The molecule has 2 amide bonds. The van der Waals surface area contributed by atoms with Gasteiger partial charge in [-0.25, -0.2) is 0 Å². The maximum absolute atomic E-state index is 12.9. The van der Waals surface area contributed by atoms with E-state index in [1.807, 2.05) is 67.8 Å². The Hall–Kier alpha value is -2.47. The van der Waals surface area contributed by atoms with Crippen molar-refractivity contribution in [1.29, 1.82) is 0 Å². The summed E-state index contributed by atoms with van der Waals surface area (Å²) < 4.78 is 2.05. The molecule has 0 atom stereocenters. The monoisotopic (exact) mass is 470 g/mol. The molecule has 1 aliphatic heterocycles. The van der Waals surface area contributed by atoms with Crippen molar-refractivity contribution < 1.29 is 9.59 Å². The largest absolute Gasteiger partial charge is 0.318 e. The van der Waals surface area contributed by atoms with Crippen LogP contribution >= 0.6 is 35.0 Å². The number of aryl methyl sites for hydroxylation is 2. The maximum Gasteiger partial charge on any atom is 0.293 e. The Bertz CT molecular complexity index is 1230. The first-order chi connectivity index (χ1) is 14.7. The SMILES string of the molecule is Cc1ccc(CN2C(=O)S/C(=C\c3cc(C)n(-c4ccc(Cl)c(Cl)c4)c3C)C2=O)cc1. The highest BCUT2D eigenvalue weighted by atomic mass is 35.5. The Balaban J connectivity index is 1.63. The first kappa shape index (κ1) is 21.8. The Morgan fingerprint density at radius 3 is 2.32 bits per heavy atom. The molecule has 31 heavy (non-hydrogen) atoms. The Morgan fingerprint density at radius 1 is 0.935 bits per heavy atom. The lowest BCUT2D eigenvalue weighted by atomic mass is 10.1. The maximum atomic E-state index is 12.9. The van der Waals surface area contributed by atoms with Crippen LogP contribution < -0.4 is 0 Å². The minimum atomic E-state index is -0.269. The van der Waals surface area contributed by atoms with E-state index in [1.165, 1.54) is 4.90 Å². The highest BCUT2D eigenvalue weighted by molar-refractivity contribution is 8.18. The molecule has 4 nitrogen and oxygen atoms in total. The highest BCUT2D eigenvalue weighted by Gasteiger charge is 2.35. The minimum Gasteiger partial charge on any atom is -0.318 e. The van der Waals surface area contributed by atoms with Gasteiger partial charge in [-0.1, -0.05) is 53.0 Å². The molecule has 2 aromatic carbocycles. The van der Waals surface area contributed by atoms with E-state index in [0.29, 0.717) is 15.0 Å². The molecule has 0 unspecified atom stereocenters. The lowest BCUT2D eigenvalue weighted by molar-refractivity contribution is -0.123.